The number of rotatable bonds is 7. The maximum atomic E-state index is 11.7. The highest BCUT2D eigenvalue weighted by atomic mass is 16.5. The second-order valence-corrected chi connectivity index (χ2v) is 4.14. The molecule has 0 aliphatic heterocycles. The number of carbonyl (C=O) groups is 1. The van der Waals surface area contributed by atoms with Crippen LogP contribution in [-0.2, 0) is 9.53 Å². The molecule has 0 rings (SSSR count). The molecule has 0 aromatic heterocycles. The third-order valence-electron chi connectivity index (χ3n) is 2.96. The van der Waals surface area contributed by atoms with Crippen LogP contribution in [0, 0.1) is 0 Å². The maximum absolute atomic E-state index is 11.7. The summed E-state index contributed by atoms with van der Waals surface area (Å²) in [5, 5.41) is 2.98. The fourth-order valence-corrected chi connectivity index (χ4v) is 1.19. The first kappa shape index (κ1) is 14.4. The van der Waals surface area contributed by atoms with Gasteiger partial charge in [-0.2, -0.15) is 0 Å². The fraction of sp³-hybridized carbons (Fsp3) is 0.909. The Labute approximate surface area is 92.6 Å². The van der Waals surface area contributed by atoms with Gasteiger partial charge in [-0.25, -0.2) is 0 Å². The highest BCUT2D eigenvalue weighted by molar-refractivity contribution is 5.82. The predicted molar refractivity (Wildman–Crippen MR) is 61.6 cm³/mol. The largest absolute Gasteiger partial charge is 0.385 e. The molecular formula is C11H24N2O2. The quantitative estimate of drug-likeness (QED) is 0.668. The van der Waals surface area contributed by atoms with Crippen molar-refractivity contribution < 1.29 is 9.53 Å². The number of amides is 1. The summed E-state index contributed by atoms with van der Waals surface area (Å²) in [6.45, 7) is 6.67. The van der Waals surface area contributed by atoms with Crippen molar-refractivity contribution in [1.29, 1.82) is 0 Å². The summed E-state index contributed by atoms with van der Waals surface area (Å²) in [6.07, 6.45) is 2.38. The van der Waals surface area contributed by atoms with E-state index in [0.29, 0.717) is 13.0 Å². The number of hydrogen-bond acceptors (Lipinski definition) is 3. The topological polar surface area (TPSA) is 64.4 Å². The second-order valence-electron chi connectivity index (χ2n) is 4.14. The molecule has 0 aliphatic rings. The molecule has 0 spiro atoms. The van der Waals surface area contributed by atoms with Gasteiger partial charge < -0.3 is 15.8 Å². The van der Waals surface area contributed by atoms with E-state index < -0.39 is 6.04 Å². The van der Waals surface area contributed by atoms with E-state index in [-0.39, 0.29) is 11.4 Å². The van der Waals surface area contributed by atoms with E-state index in [1.807, 2.05) is 6.92 Å². The smallest absolute Gasteiger partial charge is 0.237 e. The molecule has 0 aromatic rings. The summed E-state index contributed by atoms with van der Waals surface area (Å²) in [6, 6.07) is -0.470. The zero-order valence-corrected chi connectivity index (χ0v) is 10.3. The standard InChI is InChI=1S/C11H24N2O2/c1-5-11(3,6-2)13-10(14)9(12)7-8-15-4/h9H,5-8,12H2,1-4H3,(H,13,14). The van der Waals surface area contributed by atoms with Crippen LogP contribution in [0.3, 0.4) is 0 Å². The monoisotopic (exact) mass is 216 g/mol. The summed E-state index contributed by atoms with van der Waals surface area (Å²) in [7, 11) is 1.60. The lowest BCUT2D eigenvalue weighted by atomic mass is 9.95. The van der Waals surface area contributed by atoms with Crippen LogP contribution < -0.4 is 11.1 Å². The molecule has 4 heteroatoms. The minimum atomic E-state index is -0.470. The van der Waals surface area contributed by atoms with Crippen molar-refractivity contribution in [3.05, 3.63) is 0 Å². The van der Waals surface area contributed by atoms with Crippen molar-refractivity contribution in [2.45, 2.75) is 51.6 Å². The van der Waals surface area contributed by atoms with Gasteiger partial charge in [0, 0.05) is 19.3 Å². The molecule has 0 aromatic carbocycles. The van der Waals surface area contributed by atoms with Crippen LogP contribution in [0.5, 0.6) is 0 Å². The van der Waals surface area contributed by atoms with E-state index in [2.05, 4.69) is 19.2 Å². The Hall–Kier alpha value is -0.610. The zero-order chi connectivity index (χ0) is 11.9. The average Bonchev–Trinajstić information content (AvgIpc) is 2.25. The molecule has 0 bridgehead atoms. The van der Waals surface area contributed by atoms with Gasteiger partial charge in [-0.05, 0) is 26.2 Å². The highest BCUT2D eigenvalue weighted by Crippen LogP contribution is 2.13. The Bertz CT molecular complexity index is 191. The minimum Gasteiger partial charge on any atom is -0.385 e. The molecule has 1 amide bonds. The van der Waals surface area contributed by atoms with E-state index in [0.717, 1.165) is 12.8 Å². The number of nitrogens with two attached hydrogens (primary N) is 1. The normalized spacial score (nSPS) is 13.7. The van der Waals surface area contributed by atoms with Gasteiger partial charge in [0.1, 0.15) is 0 Å². The fourth-order valence-electron chi connectivity index (χ4n) is 1.19. The van der Waals surface area contributed by atoms with Crippen LogP contribution in [0.15, 0.2) is 0 Å². The molecule has 0 fully saturated rings. The Morgan fingerprint density at radius 1 is 1.47 bits per heavy atom. The van der Waals surface area contributed by atoms with Crippen molar-refractivity contribution in [2.24, 2.45) is 5.73 Å². The van der Waals surface area contributed by atoms with Crippen molar-refractivity contribution in [3.8, 4) is 0 Å². The van der Waals surface area contributed by atoms with Gasteiger partial charge in [0.25, 0.3) is 0 Å². The minimum absolute atomic E-state index is 0.0850. The summed E-state index contributed by atoms with van der Waals surface area (Å²) in [5.74, 6) is -0.0850. The Kier molecular flexibility index (Phi) is 6.52. The Balaban J connectivity index is 4.10. The number of ether oxygens (including phenoxy) is 1. The average molecular weight is 216 g/mol. The predicted octanol–water partition coefficient (Wildman–Crippen LogP) is 1.05. The number of carbonyl (C=O) groups excluding carboxylic acids is 1. The third kappa shape index (κ3) is 5.14. The van der Waals surface area contributed by atoms with Gasteiger partial charge in [0.2, 0.25) is 5.91 Å². The maximum Gasteiger partial charge on any atom is 0.237 e. The van der Waals surface area contributed by atoms with E-state index in [1.165, 1.54) is 0 Å². The molecule has 0 saturated carbocycles. The van der Waals surface area contributed by atoms with Crippen LogP contribution >= 0.6 is 0 Å². The first-order chi connectivity index (χ1) is 6.99. The third-order valence-corrected chi connectivity index (χ3v) is 2.96. The molecule has 0 heterocycles. The van der Waals surface area contributed by atoms with Crippen LogP contribution in [-0.4, -0.2) is 31.2 Å². The van der Waals surface area contributed by atoms with Crippen molar-refractivity contribution in [3.63, 3.8) is 0 Å². The molecule has 4 nitrogen and oxygen atoms in total. The Morgan fingerprint density at radius 2 is 2.00 bits per heavy atom. The van der Waals surface area contributed by atoms with Gasteiger partial charge >= 0.3 is 0 Å². The number of hydrogen-bond donors (Lipinski definition) is 2. The van der Waals surface area contributed by atoms with Crippen LogP contribution in [0.1, 0.15) is 40.0 Å². The van der Waals surface area contributed by atoms with Gasteiger partial charge in [-0.1, -0.05) is 13.8 Å². The van der Waals surface area contributed by atoms with Gasteiger partial charge in [-0.15, -0.1) is 0 Å². The van der Waals surface area contributed by atoms with Gasteiger partial charge in [-0.3, -0.25) is 4.79 Å². The van der Waals surface area contributed by atoms with Crippen LogP contribution in [0.25, 0.3) is 0 Å². The molecule has 1 unspecified atom stereocenters. The summed E-state index contributed by atoms with van der Waals surface area (Å²) < 4.78 is 4.89. The first-order valence-electron chi connectivity index (χ1n) is 5.55. The summed E-state index contributed by atoms with van der Waals surface area (Å²) >= 11 is 0. The second kappa shape index (κ2) is 6.80. The molecule has 0 saturated heterocycles. The Morgan fingerprint density at radius 3 is 2.40 bits per heavy atom. The first-order valence-corrected chi connectivity index (χ1v) is 5.55. The van der Waals surface area contributed by atoms with Crippen molar-refractivity contribution in [1.82, 2.24) is 5.32 Å². The summed E-state index contributed by atoms with van der Waals surface area (Å²) in [5.41, 5.74) is 5.59. The van der Waals surface area contributed by atoms with E-state index in [9.17, 15) is 4.79 Å². The van der Waals surface area contributed by atoms with E-state index in [1.54, 1.807) is 7.11 Å². The highest BCUT2D eigenvalue weighted by Gasteiger charge is 2.24. The lowest BCUT2D eigenvalue weighted by Crippen LogP contribution is -2.51. The van der Waals surface area contributed by atoms with E-state index >= 15 is 0 Å². The molecular weight excluding hydrogens is 192 g/mol. The molecule has 15 heavy (non-hydrogen) atoms. The van der Waals surface area contributed by atoms with E-state index in [4.69, 9.17) is 10.5 Å². The molecule has 0 radical (unpaired) electrons. The lowest BCUT2D eigenvalue weighted by Gasteiger charge is -2.29. The van der Waals surface area contributed by atoms with Crippen molar-refractivity contribution in [2.75, 3.05) is 13.7 Å². The molecule has 3 N–H and O–H groups in total. The van der Waals surface area contributed by atoms with Crippen LogP contribution in [0.2, 0.25) is 0 Å². The summed E-state index contributed by atoms with van der Waals surface area (Å²) in [4.78, 5) is 11.7. The van der Waals surface area contributed by atoms with Gasteiger partial charge in [0.15, 0.2) is 0 Å². The molecule has 1 atom stereocenters. The van der Waals surface area contributed by atoms with Crippen molar-refractivity contribution >= 4 is 5.91 Å². The molecule has 90 valence electrons. The SMILES string of the molecule is CCC(C)(CC)NC(=O)C(N)CCOC. The number of methoxy groups -OCH3 is 1. The number of nitrogens with one attached hydrogen (secondary N) is 1. The van der Waals surface area contributed by atoms with Gasteiger partial charge in [0.05, 0.1) is 6.04 Å². The van der Waals surface area contributed by atoms with Crippen LogP contribution in [0.4, 0.5) is 0 Å². The lowest BCUT2D eigenvalue weighted by molar-refractivity contribution is -0.124. The molecule has 0 aliphatic carbocycles. The zero-order valence-electron chi connectivity index (χ0n) is 10.3.